The number of amidine groups is 1. The van der Waals surface area contributed by atoms with E-state index in [1.165, 1.54) is 63.0 Å². The topological polar surface area (TPSA) is 15.6 Å². The summed E-state index contributed by atoms with van der Waals surface area (Å²) < 4.78 is 2.32. The van der Waals surface area contributed by atoms with Crippen LogP contribution in [0.5, 0.6) is 0 Å². The number of hydrogen-bond donors (Lipinski definition) is 0. The molecular weight excluding hydrogens is 252 g/mol. The van der Waals surface area contributed by atoms with E-state index in [0.29, 0.717) is 0 Å². The van der Waals surface area contributed by atoms with Gasteiger partial charge in [-0.05, 0) is 39.1 Å². The Balaban J connectivity index is 3.44. The van der Waals surface area contributed by atoms with E-state index in [1.54, 1.807) is 0 Å². The van der Waals surface area contributed by atoms with Crippen LogP contribution in [0.25, 0.3) is 0 Å². The summed E-state index contributed by atoms with van der Waals surface area (Å²) in [6.45, 7) is 10.6. The molecule has 0 aromatic carbocycles. The van der Waals surface area contributed by atoms with E-state index in [1.807, 2.05) is 11.9 Å². The SMILES string of the molecule is CCCCCCCCCCSN(CC)/C(C)=N/CC. The lowest BCUT2D eigenvalue weighted by atomic mass is 10.1. The Bertz CT molecular complexity index is 217. The second kappa shape index (κ2) is 14.2. The molecule has 0 bridgehead atoms. The molecule has 0 N–H and O–H groups in total. The quantitative estimate of drug-likeness (QED) is 0.203. The van der Waals surface area contributed by atoms with E-state index in [0.717, 1.165) is 13.1 Å². The maximum absolute atomic E-state index is 4.47. The van der Waals surface area contributed by atoms with Gasteiger partial charge in [-0.25, -0.2) is 0 Å². The number of nitrogens with zero attached hydrogens (tertiary/aromatic N) is 2. The van der Waals surface area contributed by atoms with Crippen molar-refractivity contribution in [1.82, 2.24) is 4.31 Å². The predicted molar refractivity (Wildman–Crippen MR) is 91.1 cm³/mol. The average molecular weight is 287 g/mol. The van der Waals surface area contributed by atoms with Gasteiger partial charge < -0.3 is 4.31 Å². The maximum Gasteiger partial charge on any atom is 0.106 e. The van der Waals surface area contributed by atoms with Crippen molar-refractivity contribution in [3.8, 4) is 0 Å². The average Bonchev–Trinajstić information content (AvgIpc) is 2.41. The molecule has 0 saturated heterocycles. The van der Waals surface area contributed by atoms with Crippen molar-refractivity contribution >= 4 is 17.8 Å². The third-order valence-electron chi connectivity index (χ3n) is 3.28. The molecule has 0 unspecified atom stereocenters. The monoisotopic (exact) mass is 286 g/mol. The van der Waals surface area contributed by atoms with Crippen molar-refractivity contribution in [2.75, 3.05) is 18.8 Å². The van der Waals surface area contributed by atoms with Gasteiger partial charge in [0.15, 0.2) is 0 Å². The zero-order chi connectivity index (χ0) is 14.3. The zero-order valence-electron chi connectivity index (χ0n) is 13.6. The summed E-state index contributed by atoms with van der Waals surface area (Å²) in [6, 6.07) is 0. The van der Waals surface area contributed by atoms with E-state index in [2.05, 4.69) is 37.0 Å². The minimum Gasteiger partial charge on any atom is -0.305 e. The Kier molecular flexibility index (Phi) is 14.1. The highest BCUT2D eigenvalue weighted by atomic mass is 32.2. The Morgan fingerprint density at radius 2 is 1.47 bits per heavy atom. The number of rotatable bonds is 12. The van der Waals surface area contributed by atoms with Gasteiger partial charge >= 0.3 is 0 Å². The highest BCUT2D eigenvalue weighted by Gasteiger charge is 2.04. The molecule has 0 aliphatic carbocycles. The summed E-state index contributed by atoms with van der Waals surface area (Å²) in [7, 11) is 0. The standard InChI is InChI=1S/C16H34N2S/c1-5-8-9-10-11-12-13-14-15-19-18(7-3)16(4)17-6-2/h5-15H2,1-4H3/b17-16+. The van der Waals surface area contributed by atoms with Crippen LogP contribution in [-0.4, -0.2) is 29.0 Å². The van der Waals surface area contributed by atoms with Crippen LogP contribution < -0.4 is 0 Å². The van der Waals surface area contributed by atoms with Gasteiger partial charge in [0.1, 0.15) is 5.84 Å². The number of hydrogen-bond acceptors (Lipinski definition) is 2. The predicted octanol–water partition coefficient (Wildman–Crippen LogP) is 5.54. The molecule has 0 aliphatic rings. The van der Waals surface area contributed by atoms with Crippen LogP contribution in [0.2, 0.25) is 0 Å². The van der Waals surface area contributed by atoms with Crippen LogP contribution in [0.3, 0.4) is 0 Å². The van der Waals surface area contributed by atoms with Gasteiger partial charge in [0.05, 0.1) is 0 Å². The molecule has 0 fully saturated rings. The summed E-state index contributed by atoms with van der Waals surface area (Å²) in [5.41, 5.74) is 0. The molecule has 0 amide bonds. The molecular formula is C16H34N2S. The molecule has 0 heterocycles. The number of unbranched alkanes of at least 4 members (excludes halogenated alkanes) is 7. The Hall–Kier alpha value is -0.180. The summed E-state index contributed by atoms with van der Waals surface area (Å²) in [5.74, 6) is 2.41. The maximum atomic E-state index is 4.47. The van der Waals surface area contributed by atoms with E-state index in [-0.39, 0.29) is 0 Å². The first-order valence-corrected chi connectivity index (χ1v) is 9.11. The lowest BCUT2D eigenvalue weighted by Gasteiger charge is -2.20. The minimum absolute atomic E-state index is 0.890. The second-order valence-corrected chi connectivity index (χ2v) is 6.13. The van der Waals surface area contributed by atoms with Gasteiger partial charge in [-0.1, -0.05) is 51.9 Å². The number of aliphatic imine (C=N–C) groups is 1. The lowest BCUT2D eigenvalue weighted by Crippen LogP contribution is -2.22. The van der Waals surface area contributed by atoms with Gasteiger partial charge in [0.25, 0.3) is 0 Å². The third kappa shape index (κ3) is 11.4. The summed E-state index contributed by atoms with van der Waals surface area (Å²) in [6.07, 6.45) is 11.2. The van der Waals surface area contributed by atoms with Crippen molar-refractivity contribution in [2.24, 2.45) is 4.99 Å². The van der Waals surface area contributed by atoms with Crippen molar-refractivity contribution in [3.63, 3.8) is 0 Å². The second-order valence-electron chi connectivity index (χ2n) is 5.02. The highest BCUT2D eigenvalue weighted by molar-refractivity contribution is 7.97. The van der Waals surface area contributed by atoms with Crippen LogP contribution >= 0.6 is 11.9 Å². The van der Waals surface area contributed by atoms with Crippen LogP contribution in [0.1, 0.15) is 79.1 Å². The van der Waals surface area contributed by atoms with Gasteiger partial charge in [0.2, 0.25) is 0 Å². The highest BCUT2D eigenvalue weighted by Crippen LogP contribution is 2.15. The molecule has 19 heavy (non-hydrogen) atoms. The molecule has 0 aliphatic heterocycles. The van der Waals surface area contributed by atoms with E-state index in [9.17, 15) is 0 Å². The van der Waals surface area contributed by atoms with Crippen molar-refractivity contribution in [3.05, 3.63) is 0 Å². The Labute approximate surface area is 125 Å². The first kappa shape index (κ1) is 18.8. The molecule has 2 nitrogen and oxygen atoms in total. The fourth-order valence-corrected chi connectivity index (χ4v) is 3.11. The molecule has 0 atom stereocenters. The smallest absolute Gasteiger partial charge is 0.106 e. The first-order chi connectivity index (χ1) is 9.26. The molecule has 3 heteroatoms. The molecule has 0 aromatic rings. The summed E-state index contributed by atoms with van der Waals surface area (Å²) in [5, 5.41) is 0. The molecule has 0 aromatic heterocycles. The molecule has 0 radical (unpaired) electrons. The fourth-order valence-electron chi connectivity index (χ4n) is 2.13. The van der Waals surface area contributed by atoms with Crippen molar-refractivity contribution in [2.45, 2.75) is 79.1 Å². The van der Waals surface area contributed by atoms with Crippen LogP contribution in [0, 0.1) is 0 Å². The molecule has 114 valence electrons. The van der Waals surface area contributed by atoms with Gasteiger partial charge in [-0.2, -0.15) is 0 Å². The minimum atomic E-state index is 0.890. The van der Waals surface area contributed by atoms with Crippen LogP contribution in [0.4, 0.5) is 0 Å². The molecule has 0 rings (SSSR count). The largest absolute Gasteiger partial charge is 0.305 e. The Morgan fingerprint density at radius 1 is 0.895 bits per heavy atom. The van der Waals surface area contributed by atoms with Gasteiger partial charge in [-0.15, -0.1) is 0 Å². The third-order valence-corrected chi connectivity index (χ3v) is 4.59. The Morgan fingerprint density at radius 3 is 2.00 bits per heavy atom. The van der Waals surface area contributed by atoms with Gasteiger partial charge in [0, 0.05) is 18.8 Å². The first-order valence-electron chi connectivity index (χ1n) is 8.17. The summed E-state index contributed by atoms with van der Waals surface area (Å²) in [4.78, 5) is 4.47. The normalized spacial score (nSPS) is 11.9. The van der Waals surface area contributed by atoms with E-state index >= 15 is 0 Å². The molecule has 0 saturated carbocycles. The molecule has 0 spiro atoms. The fraction of sp³-hybridized carbons (Fsp3) is 0.938. The lowest BCUT2D eigenvalue weighted by molar-refractivity contribution is 0.585. The van der Waals surface area contributed by atoms with E-state index < -0.39 is 0 Å². The van der Waals surface area contributed by atoms with Gasteiger partial charge in [-0.3, -0.25) is 4.99 Å². The van der Waals surface area contributed by atoms with Crippen LogP contribution in [-0.2, 0) is 0 Å². The van der Waals surface area contributed by atoms with Crippen molar-refractivity contribution in [1.29, 1.82) is 0 Å². The van der Waals surface area contributed by atoms with E-state index in [4.69, 9.17) is 0 Å². The summed E-state index contributed by atoms with van der Waals surface area (Å²) >= 11 is 1.94. The van der Waals surface area contributed by atoms with Crippen molar-refractivity contribution < 1.29 is 0 Å². The van der Waals surface area contributed by atoms with Crippen LogP contribution in [0.15, 0.2) is 4.99 Å². The zero-order valence-corrected chi connectivity index (χ0v) is 14.4.